The predicted octanol–water partition coefficient (Wildman–Crippen LogP) is 6.28. The monoisotopic (exact) mass is 734 g/mol. The molecule has 5 atom stereocenters. The quantitative estimate of drug-likeness (QED) is 0.109. The molecule has 4 aromatic rings. The zero-order valence-corrected chi connectivity index (χ0v) is 31.2. The molecule has 3 amide bonds. The number of nitrogens with zero attached hydrogens (tertiary/aromatic N) is 2. The summed E-state index contributed by atoms with van der Waals surface area (Å²) in [6.07, 6.45) is 1.23. The number of carbonyl (C=O) groups is 4. The smallest absolute Gasteiger partial charge is 0.408 e. The minimum atomic E-state index is -1.47. The van der Waals surface area contributed by atoms with Crippen molar-refractivity contribution in [1.82, 2.24) is 31.1 Å². The molecular weight excluding hydrogens is 688 g/mol. The molecule has 0 saturated heterocycles. The topological polar surface area (TPSA) is 178 Å². The molecule has 5 rings (SSSR count). The lowest BCUT2D eigenvalue weighted by atomic mass is 9.78. The van der Waals surface area contributed by atoms with Gasteiger partial charge in [-0.25, -0.2) is 9.59 Å². The SMILES string of the molecule is CCOC(=O)c1noc([C@@H](NC(=O)[C@]2(NC(=O)[C@@H](NC(=O)OCc3ccccc3)C(C)CC)CCc3[nH]c4c(Cl)cc(C)cc4c3C2)C(C)CC)n1. The van der Waals surface area contributed by atoms with Crippen LogP contribution in [0.1, 0.15) is 98.8 Å². The van der Waals surface area contributed by atoms with Gasteiger partial charge in [0.05, 0.1) is 17.1 Å². The number of ether oxygens (including phenoxy) is 2. The third-order valence-electron chi connectivity index (χ3n) is 9.92. The molecule has 52 heavy (non-hydrogen) atoms. The van der Waals surface area contributed by atoms with Gasteiger partial charge in [-0.2, -0.15) is 4.98 Å². The van der Waals surface area contributed by atoms with Gasteiger partial charge in [0.1, 0.15) is 24.2 Å². The Bertz CT molecular complexity index is 1910. The summed E-state index contributed by atoms with van der Waals surface area (Å²) in [7, 11) is 0. The Morgan fingerprint density at radius 3 is 2.44 bits per heavy atom. The summed E-state index contributed by atoms with van der Waals surface area (Å²) in [5.41, 5.74) is 2.83. The number of aromatic nitrogens is 3. The standard InChI is InChI=1S/C38H47ClN6O7/c1-7-22(5)29(42-37(49)51-20-24-13-11-10-12-14-24)33(46)44-38(16-15-28-26(19-38)25-17-21(4)18-27(39)31(25)40-28)36(48)41-30(23(6)8-2)34-43-32(45-52-34)35(47)50-9-3/h10-14,17-18,22-23,29-30,40H,7-9,15-16,19-20H2,1-6H3,(H,41,48)(H,42,49)(H,44,46)/t22?,23?,29-,30-,38-/m0/s1. The van der Waals surface area contributed by atoms with Crippen LogP contribution >= 0.6 is 11.6 Å². The molecule has 2 heterocycles. The number of carbonyl (C=O) groups excluding carboxylic acids is 4. The number of halogens is 1. The second kappa shape index (κ2) is 16.6. The summed E-state index contributed by atoms with van der Waals surface area (Å²) in [4.78, 5) is 62.2. The van der Waals surface area contributed by atoms with E-state index in [1.54, 1.807) is 6.92 Å². The average Bonchev–Trinajstić information content (AvgIpc) is 3.77. The van der Waals surface area contributed by atoms with Gasteiger partial charge in [-0.3, -0.25) is 9.59 Å². The van der Waals surface area contributed by atoms with E-state index in [-0.39, 0.29) is 49.6 Å². The number of amides is 3. The van der Waals surface area contributed by atoms with E-state index >= 15 is 0 Å². The lowest BCUT2D eigenvalue weighted by molar-refractivity contribution is -0.136. The van der Waals surface area contributed by atoms with Crippen LogP contribution in [0.4, 0.5) is 4.79 Å². The van der Waals surface area contributed by atoms with Gasteiger partial charge in [0, 0.05) is 17.5 Å². The van der Waals surface area contributed by atoms with Crippen molar-refractivity contribution in [3.8, 4) is 0 Å². The van der Waals surface area contributed by atoms with Crippen LogP contribution in [-0.2, 0) is 38.5 Å². The Hall–Kier alpha value is -4.91. The molecule has 0 saturated carbocycles. The molecule has 2 aromatic carbocycles. The second-order valence-electron chi connectivity index (χ2n) is 13.6. The van der Waals surface area contributed by atoms with Gasteiger partial charge in [-0.1, -0.05) is 82.5 Å². The first-order chi connectivity index (χ1) is 24.9. The van der Waals surface area contributed by atoms with Crippen molar-refractivity contribution in [2.24, 2.45) is 11.8 Å². The highest BCUT2D eigenvalue weighted by atomic mass is 35.5. The number of rotatable bonds is 14. The van der Waals surface area contributed by atoms with Gasteiger partial charge in [-0.05, 0) is 72.5 Å². The number of hydrogen-bond donors (Lipinski definition) is 4. The number of esters is 1. The summed E-state index contributed by atoms with van der Waals surface area (Å²) in [5.74, 6) is -2.46. The molecule has 2 aromatic heterocycles. The van der Waals surface area contributed by atoms with Crippen LogP contribution in [-0.4, -0.2) is 57.2 Å². The number of alkyl carbamates (subject to hydrolysis) is 1. The van der Waals surface area contributed by atoms with Crippen LogP contribution in [0.25, 0.3) is 10.9 Å². The molecule has 0 aliphatic heterocycles. The maximum atomic E-state index is 14.8. The summed E-state index contributed by atoms with van der Waals surface area (Å²) in [6.45, 7) is 11.4. The van der Waals surface area contributed by atoms with E-state index in [2.05, 4.69) is 31.1 Å². The highest BCUT2D eigenvalue weighted by Gasteiger charge is 2.47. The Morgan fingerprint density at radius 1 is 1.02 bits per heavy atom. The molecule has 278 valence electrons. The first kappa shape index (κ1) is 38.3. The molecule has 2 unspecified atom stereocenters. The van der Waals surface area contributed by atoms with Crippen molar-refractivity contribution in [3.05, 3.63) is 81.6 Å². The first-order valence-electron chi connectivity index (χ1n) is 17.8. The van der Waals surface area contributed by atoms with E-state index in [0.717, 1.165) is 33.3 Å². The average molecular weight is 735 g/mol. The van der Waals surface area contributed by atoms with Crippen molar-refractivity contribution < 1.29 is 33.2 Å². The van der Waals surface area contributed by atoms with Crippen LogP contribution in [0.2, 0.25) is 5.02 Å². The lowest BCUT2D eigenvalue weighted by Gasteiger charge is -2.39. The molecule has 1 aliphatic carbocycles. The van der Waals surface area contributed by atoms with Crippen LogP contribution in [0.15, 0.2) is 47.0 Å². The molecule has 4 N–H and O–H groups in total. The van der Waals surface area contributed by atoms with Crippen molar-refractivity contribution >= 4 is 46.4 Å². The molecule has 0 fully saturated rings. The summed E-state index contributed by atoms with van der Waals surface area (Å²) >= 11 is 6.65. The molecule has 0 radical (unpaired) electrons. The third-order valence-corrected chi connectivity index (χ3v) is 10.2. The highest BCUT2D eigenvalue weighted by molar-refractivity contribution is 6.35. The fourth-order valence-electron chi connectivity index (χ4n) is 6.51. The summed E-state index contributed by atoms with van der Waals surface area (Å²) in [5, 5.41) is 14.2. The number of fused-ring (bicyclic) bond motifs is 3. The van der Waals surface area contributed by atoms with Crippen molar-refractivity contribution in [3.63, 3.8) is 0 Å². The van der Waals surface area contributed by atoms with Gasteiger partial charge in [0.15, 0.2) is 0 Å². The molecule has 0 bridgehead atoms. The van der Waals surface area contributed by atoms with E-state index in [1.165, 1.54) is 0 Å². The Balaban J connectivity index is 1.48. The van der Waals surface area contributed by atoms with Crippen LogP contribution in [0.3, 0.4) is 0 Å². The van der Waals surface area contributed by atoms with Crippen molar-refractivity contribution in [2.75, 3.05) is 6.61 Å². The molecular formula is C38H47ClN6O7. The number of aromatic amines is 1. The molecule has 14 heteroatoms. The van der Waals surface area contributed by atoms with E-state index < -0.39 is 41.5 Å². The lowest BCUT2D eigenvalue weighted by Crippen LogP contribution is -2.65. The fraction of sp³-hybridized carbons (Fsp3) is 0.474. The number of H-pyrrole nitrogens is 1. The minimum Gasteiger partial charge on any atom is -0.460 e. The van der Waals surface area contributed by atoms with Crippen LogP contribution < -0.4 is 16.0 Å². The van der Waals surface area contributed by atoms with Gasteiger partial charge in [0.25, 0.3) is 5.82 Å². The van der Waals surface area contributed by atoms with E-state index in [0.29, 0.717) is 24.3 Å². The largest absolute Gasteiger partial charge is 0.460 e. The van der Waals surface area contributed by atoms with Gasteiger partial charge >= 0.3 is 12.1 Å². The van der Waals surface area contributed by atoms with Gasteiger partial charge in [-0.15, -0.1) is 0 Å². The number of hydrogen-bond acceptors (Lipinski definition) is 9. The highest BCUT2D eigenvalue weighted by Crippen LogP contribution is 2.38. The zero-order chi connectivity index (χ0) is 37.6. The molecule has 0 spiro atoms. The number of aryl methyl sites for hydroxylation is 2. The maximum absolute atomic E-state index is 14.8. The molecule has 1 aliphatic rings. The van der Waals surface area contributed by atoms with Crippen molar-refractivity contribution in [1.29, 1.82) is 0 Å². The fourth-order valence-corrected chi connectivity index (χ4v) is 6.83. The normalized spacial score (nSPS) is 17.7. The van der Waals surface area contributed by atoms with Crippen LogP contribution in [0.5, 0.6) is 0 Å². The van der Waals surface area contributed by atoms with E-state index in [1.807, 2.05) is 77.1 Å². The van der Waals surface area contributed by atoms with Crippen LogP contribution in [0, 0.1) is 18.8 Å². The maximum Gasteiger partial charge on any atom is 0.408 e. The second-order valence-corrected chi connectivity index (χ2v) is 14.0. The van der Waals surface area contributed by atoms with E-state index in [4.69, 9.17) is 25.6 Å². The summed E-state index contributed by atoms with van der Waals surface area (Å²) in [6, 6.07) is 11.3. The molecule has 13 nitrogen and oxygen atoms in total. The van der Waals surface area contributed by atoms with E-state index in [9.17, 15) is 19.2 Å². The Morgan fingerprint density at radius 2 is 1.75 bits per heavy atom. The zero-order valence-electron chi connectivity index (χ0n) is 30.4. The van der Waals surface area contributed by atoms with Gasteiger partial charge in [0.2, 0.25) is 17.7 Å². The Labute approximate surface area is 307 Å². The first-order valence-corrected chi connectivity index (χ1v) is 18.2. The predicted molar refractivity (Wildman–Crippen MR) is 195 cm³/mol. The number of benzene rings is 2. The third kappa shape index (κ3) is 8.41. The van der Waals surface area contributed by atoms with Gasteiger partial charge < -0.3 is 34.9 Å². The van der Waals surface area contributed by atoms with Crippen molar-refractivity contribution in [2.45, 2.75) is 97.9 Å². The number of nitrogens with one attached hydrogen (secondary N) is 4. The summed E-state index contributed by atoms with van der Waals surface area (Å²) < 4.78 is 16.0. The Kier molecular flexibility index (Phi) is 12.2. The minimum absolute atomic E-state index is 0.0315.